The van der Waals surface area contributed by atoms with Gasteiger partial charge in [0.2, 0.25) is 0 Å². The first-order chi connectivity index (χ1) is 9.99. The van der Waals surface area contributed by atoms with E-state index in [2.05, 4.69) is 21.2 Å². The molecule has 1 amide bonds. The van der Waals surface area contributed by atoms with Gasteiger partial charge in [-0.2, -0.15) is 0 Å². The zero-order chi connectivity index (χ0) is 15.4. The fourth-order valence-corrected chi connectivity index (χ4v) is 2.44. The van der Waals surface area contributed by atoms with E-state index in [9.17, 15) is 4.79 Å². The molecule has 0 unspecified atom stereocenters. The molecule has 2 aromatic carbocycles. The van der Waals surface area contributed by atoms with Gasteiger partial charge in [-0.1, -0.05) is 15.9 Å². The number of amides is 1. The Balaban J connectivity index is 2.23. The molecule has 2 rings (SSSR count). The number of hydrogen-bond donors (Lipinski definition) is 2. The van der Waals surface area contributed by atoms with E-state index in [1.165, 1.54) is 0 Å². The second kappa shape index (κ2) is 6.63. The van der Waals surface area contributed by atoms with Gasteiger partial charge in [0.15, 0.2) is 0 Å². The van der Waals surface area contributed by atoms with Crippen molar-refractivity contribution in [1.82, 2.24) is 0 Å². The van der Waals surface area contributed by atoms with Crippen molar-refractivity contribution in [2.24, 2.45) is 0 Å². The molecule has 0 saturated carbocycles. The number of nitrogen functional groups attached to an aromatic ring is 1. The smallest absolute Gasteiger partial charge is 0.255 e. The summed E-state index contributed by atoms with van der Waals surface area (Å²) in [4.78, 5) is 12.3. The fraction of sp³-hybridized carbons (Fsp3) is 0.188. The van der Waals surface area contributed by atoms with Crippen LogP contribution in [0.3, 0.4) is 0 Å². The molecule has 3 N–H and O–H groups in total. The number of anilines is 2. The van der Waals surface area contributed by atoms with Gasteiger partial charge >= 0.3 is 0 Å². The summed E-state index contributed by atoms with van der Waals surface area (Å²) in [6, 6.07) is 10.7. The molecule has 0 bridgehead atoms. The lowest BCUT2D eigenvalue weighted by atomic mass is 10.1. The first-order valence-corrected chi connectivity index (χ1v) is 7.39. The number of benzene rings is 2. The quantitative estimate of drug-likeness (QED) is 0.821. The average Bonchev–Trinajstić information content (AvgIpc) is 2.41. The van der Waals surface area contributed by atoms with Crippen molar-refractivity contribution >= 4 is 33.2 Å². The SMILES string of the molecule is CCOc1cc(N)cc(C(=O)Nc2ccc(Br)cc2C)c1. The topological polar surface area (TPSA) is 64.3 Å². The number of aryl methyl sites for hydroxylation is 1. The lowest BCUT2D eigenvalue weighted by Gasteiger charge is -2.11. The number of nitrogens with one attached hydrogen (secondary N) is 1. The Labute approximate surface area is 132 Å². The molecular weight excluding hydrogens is 332 g/mol. The molecule has 0 radical (unpaired) electrons. The van der Waals surface area contributed by atoms with E-state index in [1.54, 1.807) is 18.2 Å². The molecule has 110 valence electrons. The molecule has 0 heterocycles. The Morgan fingerprint density at radius 1 is 1.29 bits per heavy atom. The minimum Gasteiger partial charge on any atom is -0.494 e. The molecule has 0 spiro atoms. The Morgan fingerprint density at radius 3 is 2.71 bits per heavy atom. The van der Waals surface area contributed by atoms with E-state index < -0.39 is 0 Å². The van der Waals surface area contributed by atoms with Crippen molar-refractivity contribution in [3.63, 3.8) is 0 Å². The summed E-state index contributed by atoms with van der Waals surface area (Å²) < 4.78 is 6.37. The highest BCUT2D eigenvalue weighted by atomic mass is 79.9. The van der Waals surface area contributed by atoms with Crippen LogP contribution < -0.4 is 15.8 Å². The average molecular weight is 349 g/mol. The molecule has 4 nitrogen and oxygen atoms in total. The van der Waals surface area contributed by atoms with Gasteiger partial charge in [0.05, 0.1) is 6.61 Å². The fourth-order valence-electron chi connectivity index (χ4n) is 1.96. The van der Waals surface area contributed by atoms with Crippen LogP contribution in [-0.2, 0) is 0 Å². The number of nitrogens with two attached hydrogens (primary N) is 1. The maximum atomic E-state index is 12.3. The molecule has 0 saturated heterocycles. The van der Waals surface area contributed by atoms with Crippen molar-refractivity contribution in [3.8, 4) is 5.75 Å². The summed E-state index contributed by atoms with van der Waals surface area (Å²) in [5, 5.41) is 2.88. The normalized spacial score (nSPS) is 10.2. The predicted molar refractivity (Wildman–Crippen MR) is 88.9 cm³/mol. The van der Waals surface area contributed by atoms with Crippen molar-refractivity contribution in [1.29, 1.82) is 0 Å². The minimum atomic E-state index is -0.214. The van der Waals surface area contributed by atoms with Crippen molar-refractivity contribution < 1.29 is 9.53 Å². The van der Waals surface area contributed by atoms with Crippen LogP contribution in [0, 0.1) is 6.92 Å². The van der Waals surface area contributed by atoms with E-state index in [-0.39, 0.29) is 5.91 Å². The van der Waals surface area contributed by atoms with Gasteiger partial charge in [-0.05, 0) is 49.7 Å². The van der Waals surface area contributed by atoms with Gasteiger partial charge in [-0.3, -0.25) is 4.79 Å². The molecule has 0 atom stereocenters. The first-order valence-electron chi connectivity index (χ1n) is 6.60. The third kappa shape index (κ3) is 3.98. The van der Waals surface area contributed by atoms with Crippen LogP contribution >= 0.6 is 15.9 Å². The number of carbonyl (C=O) groups excluding carboxylic acids is 1. The maximum absolute atomic E-state index is 12.3. The molecule has 0 aliphatic rings. The molecule has 0 aliphatic heterocycles. The van der Waals surface area contributed by atoms with Crippen LogP contribution in [0.4, 0.5) is 11.4 Å². The number of ether oxygens (including phenoxy) is 1. The molecular formula is C16H17BrN2O2. The molecule has 0 aliphatic carbocycles. The lowest BCUT2D eigenvalue weighted by Crippen LogP contribution is -2.13. The standard InChI is InChI=1S/C16H17BrN2O2/c1-3-21-14-8-11(7-13(18)9-14)16(20)19-15-5-4-12(17)6-10(15)2/h4-9H,3,18H2,1-2H3,(H,19,20). The van der Waals surface area contributed by atoms with Gasteiger partial charge in [-0.25, -0.2) is 0 Å². The molecule has 0 aromatic heterocycles. The van der Waals surface area contributed by atoms with E-state index in [4.69, 9.17) is 10.5 Å². The number of halogens is 1. The highest BCUT2D eigenvalue weighted by molar-refractivity contribution is 9.10. The van der Waals surface area contributed by atoms with E-state index in [0.29, 0.717) is 23.6 Å². The first kappa shape index (κ1) is 15.4. The highest BCUT2D eigenvalue weighted by Crippen LogP contribution is 2.23. The van der Waals surface area contributed by atoms with Crippen LogP contribution in [0.5, 0.6) is 5.75 Å². The Morgan fingerprint density at radius 2 is 2.05 bits per heavy atom. The molecule has 0 fully saturated rings. The molecule has 21 heavy (non-hydrogen) atoms. The van der Waals surface area contributed by atoms with Crippen LogP contribution in [0.15, 0.2) is 40.9 Å². The van der Waals surface area contributed by atoms with Crippen LogP contribution in [-0.4, -0.2) is 12.5 Å². The van der Waals surface area contributed by atoms with E-state index in [0.717, 1.165) is 15.7 Å². The second-order valence-electron chi connectivity index (χ2n) is 4.64. The maximum Gasteiger partial charge on any atom is 0.255 e. The summed E-state index contributed by atoms with van der Waals surface area (Å²) in [5.74, 6) is 0.379. The monoisotopic (exact) mass is 348 g/mol. The van der Waals surface area contributed by atoms with Crippen molar-refractivity contribution in [2.45, 2.75) is 13.8 Å². The summed E-state index contributed by atoms with van der Waals surface area (Å²) in [6.07, 6.45) is 0. The Bertz CT molecular complexity index is 671. The van der Waals surface area contributed by atoms with Gasteiger partial charge < -0.3 is 15.8 Å². The largest absolute Gasteiger partial charge is 0.494 e. The highest BCUT2D eigenvalue weighted by Gasteiger charge is 2.10. The zero-order valence-corrected chi connectivity index (χ0v) is 13.5. The third-order valence-corrected chi connectivity index (χ3v) is 3.43. The van der Waals surface area contributed by atoms with Crippen LogP contribution in [0.2, 0.25) is 0 Å². The third-order valence-electron chi connectivity index (χ3n) is 2.94. The Hall–Kier alpha value is -2.01. The van der Waals surface area contributed by atoms with Gasteiger partial charge in [0.25, 0.3) is 5.91 Å². The van der Waals surface area contributed by atoms with E-state index >= 15 is 0 Å². The number of hydrogen-bond acceptors (Lipinski definition) is 3. The van der Waals surface area contributed by atoms with Crippen LogP contribution in [0.1, 0.15) is 22.8 Å². The van der Waals surface area contributed by atoms with E-state index in [1.807, 2.05) is 32.0 Å². The van der Waals surface area contributed by atoms with Crippen LogP contribution in [0.25, 0.3) is 0 Å². The number of rotatable bonds is 4. The second-order valence-corrected chi connectivity index (χ2v) is 5.55. The zero-order valence-electron chi connectivity index (χ0n) is 11.9. The predicted octanol–water partition coefficient (Wildman–Crippen LogP) is 3.99. The van der Waals surface area contributed by atoms with Crippen molar-refractivity contribution in [3.05, 3.63) is 52.0 Å². The summed E-state index contributed by atoms with van der Waals surface area (Å²) in [6.45, 7) is 4.34. The minimum absolute atomic E-state index is 0.214. The summed E-state index contributed by atoms with van der Waals surface area (Å²) in [7, 11) is 0. The molecule has 2 aromatic rings. The van der Waals surface area contributed by atoms with Gasteiger partial charge in [-0.15, -0.1) is 0 Å². The van der Waals surface area contributed by atoms with Gasteiger partial charge in [0.1, 0.15) is 5.75 Å². The lowest BCUT2D eigenvalue weighted by molar-refractivity contribution is 0.102. The van der Waals surface area contributed by atoms with Crippen molar-refractivity contribution in [2.75, 3.05) is 17.7 Å². The molecule has 5 heteroatoms. The Kier molecular flexibility index (Phi) is 4.85. The summed E-state index contributed by atoms with van der Waals surface area (Å²) >= 11 is 3.40. The van der Waals surface area contributed by atoms with Gasteiger partial charge in [0, 0.05) is 27.5 Å². The summed E-state index contributed by atoms with van der Waals surface area (Å²) in [5.41, 5.74) is 8.52. The number of carbonyl (C=O) groups is 1.